The van der Waals surface area contributed by atoms with Crippen LogP contribution in [0.15, 0.2) is 36.8 Å². The summed E-state index contributed by atoms with van der Waals surface area (Å²) in [5.41, 5.74) is 7.10. The van der Waals surface area contributed by atoms with Crippen LogP contribution in [0.1, 0.15) is 50.3 Å². The number of hydrogen-bond acceptors (Lipinski definition) is 6. The Morgan fingerprint density at radius 2 is 2.03 bits per heavy atom. The molecule has 2 fully saturated rings. The monoisotopic (exact) mass is 506 g/mol. The molecule has 1 aromatic carbocycles. The number of nitrogens with two attached hydrogens (primary N) is 1. The number of hydrogen-bond donors (Lipinski definition) is 3. The molecule has 34 heavy (non-hydrogen) atoms. The number of halogens is 3. The topological polar surface area (TPSA) is 106 Å². The van der Waals surface area contributed by atoms with Crippen molar-refractivity contribution in [1.29, 1.82) is 0 Å². The zero-order chi connectivity index (χ0) is 24.2. The second-order valence-corrected chi connectivity index (χ2v) is 10.1. The number of pyridine rings is 1. The first kappa shape index (κ1) is 23.4. The van der Waals surface area contributed by atoms with Gasteiger partial charge in [0.15, 0.2) is 11.6 Å². The molecule has 7 nitrogen and oxygen atoms in total. The molecule has 2 heterocycles. The molecule has 5 unspecified atom stereocenters. The van der Waals surface area contributed by atoms with Crippen molar-refractivity contribution in [3.05, 3.63) is 58.2 Å². The van der Waals surface area contributed by atoms with Gasteiger partial charge in [-0.3, -0.25) is 4.68 Å². The molecule has 2 aromatic heterocycles. The summed E-state index contributed by atoms with van der Waals surface area (Å²) in [4.78, 5) is 4.25. The lowest BCUT2D eigenvalue weighted by Crippen LogP contribution is -2.28. The standard InChI is InChI=1S/C24H25Cl2FN4O3/c1-12(21-18(25)2-3-19(27)22(21)26)34-20-4-13(9-29-23(20)28)14-10-30-31(11-14)16-5-15-6-17(32)8-24(15,33)7-16/h2-4,9-12,15-17,32-33H,5-8H2,1H3,(H2,28,29). The van der Waals surface area contributed by atoms with Crippen LogP contribution in [0.3, 0.4) is 0 Å². The average Bonchev–Trinajstić information content (AvgIpc) is 3.44. The Hall–Kier alpha value is -2.39. The van der Waals surface area contributed by atoms with Gasteiger partial charge >= 0.3 is 0 Å². The van der Waals surface area contributed by atoms with Gasteiger partial charge in [0.25, 0.3) is 0 Å². The van der Waals surface area contributed by atoms with E-state index in [0.717, 1.165) is 17.5 Å². The fourth-order valence-electron chi connectivity index (χ4n) is 5.35. The number of fused-ring (bicyclic) bond motifs is 1. The molecule has 0 bridgehead atoms. The third kappa shape index (κ3) is 4.13. The zero-order valence-electron chi connectivity index (χ0n) is 18.5. The maximum atomic E-state index is 14.0. The normalized spacial score (nSPS) is 27.1. The van der Waals surface area contributed by atoms with E-state index in [1.807, 2.05) is 10.9 Å². The predicted octanol–water partition coefficient (Wildman–Crippen LogP) is 4.95. The lowest BCUT2D eigenvalue weighted by Gasteiger charge is -2.21. The minimum atomic E-state index is -0.824. The summed E-state index contributed by atoms with van der Waals surface area (Å²) in [7, 11) is 0. The van der Waals surface area contributed by atoms with Crippen LogP contribution in [0.5, 0.6) is 5.75 Å². The lowest BCUT2D eigenvalue weighted by molar-refractivity contribution is 0.0120. The molecule has 0 aliphatic heterocycles. The molecule has 5 atom stereocenters. The summed E-state index contributed by atoms with van der Waals surface area (Å²) in [5.74, 6) is -0.0100. The third-order valence-corrected chi connectivity index (χ3v) is 7.75. The van der Waals surface area contributed by atoms with E-state index in [9.17, 15) is 14.6 Å². The van der Waals surface area contributed by atoms with E-state index in [0.29, 0.717) is 35.6 Å². The highest BCUT2D eigenvalue weighted by molar-refractivity contribution is 6.36. The highest BCUT2D eigenvalue weighted by atomic mass is 35.5. The summed E-state index contributed by atoms with van der Waals surface area (Å²) in [6.45, 7) is 1.70. The molecule has 2 saturated carbocycles. The number of anilines is 1. The Balaban J connectivity index is 1.36. The van der Waals surface area contributed by atoms with E-state index in [1.165, 1.54) is 12.1 Å². The van der Waals surface area contributed by atoms with Crippen LogP contribution in [0.2, 0.25) is 10.0 Å². The minimum Gasteiger partial charge on any atom is -0.482 e. The van der Waals surface area contributed by atoms with Crippen molar-refractivity contribution in [3.8, 4) is 16.9 Å². The number of ether oxygens (including phenoxy) is 1. The van der Waals surface area contributed by atoms with Crippen LogP contribution < -0.4 is 10.5 Å². The molecule has 2 aliphatic rings. The van der Waals surface area contributed by atoms with Gasteiger partial charge < -0.3 is 20.7 Å². The van der Waals surface area contributed by atoms with Crippen LogP contribution in [0.4, 0.5) is 10.2 Å². The van der Waals surface area contributed by atoms with E-state index in [-0.39, 0.29) is 22.8 Å². The van der Waals surface area contributed by atoms with E-state index in [2.05, 4.69) is 10.1 Å². The molecule has 4 N–H and O–H groups in total. The Morgan fingerprint density at radius 3 is 2.79 bits per heavy atom. The number of aliphatic hydroxyl groups is 2. The smallest absolute Gasteiger partial charge is 0.166 e. The molecule has 5 rings (SSSR count). The summed E-state index contributed by atoms with van der Waals surface area (Å²) >= 11 is 12.3. The molecule has 2 aliphatic carbocycles. The van der Waals surface area contributed by atoms with Crippen LogP contribution in [-0.4, -0.2) is 36.7 Å². The Morgan fingerprint density at radius 1 is 1.24 bits per heavy atom. The molecule has 0 spiro atoms. The van der Waals surface area contributed by atoms with Gasteiger partial charge in [0.05, 0.1) is 29.0 Å². The minimum absolute atomic E-state index is 0.0611. The zero-order valence-corrected chi connectivity index (χ0v) is 20.0. The first-order valence-corrected chi connectivity index (χ1v) is 11.9. The quantitative estimate of drug-likeness (QED) is 0.422. The van der Waals surface area contributed by atoms with Gasteiger partial charge in [0.1, 0.15) is 11.9 Å². The number of benzene rings is 1. The van der Waals surface area contributed by atoms with Crippen LogP contribution in [0, 0.1) is 11.7 Å². The number of nitrogens with zero attached hydrogens (tertiary/aromatic N) is 3. The summed E-state index contributed by atoms with van der Waals surface area (Å²) < 4.78 is 21.8. The van der Waals surface area contributed by atoms with Gasteiger partial charge in [0.2, 0.25) is 0 Å². The van der Waals surface area contributed by atoms with Crippen LogP contribution in [-0.2, 0) is 0 Å². The summed E-state index contributed by atoms with van der Waals surface area (Å²) in [5, 5.41) is 25.5. The fraction of sp³-hybridized carbons (Fsp3) is 0.417. The second kappa shape index (κ2) is 8.68. The molecule has 0 radical (unpaired) electrons. The van der Waals surface area contributed by atoms with Gasteiger partial charge in [-0.1, -0.05) is 23.2 Å². The lowest BCUT2D eigenvalue weighted by atomic mass is 9.95. The Labute approximate surface area is 206 Å². The van der Waals surface area contributed by atoms with Crippen molar-refractivity contribution in [2.24, 2.45) is 5.92 Å². The molecule has 180 valence electrons. The Bertz CT molecular complexity index is 1240. The van der Waals surface area contributed by atoms with Crippen molar-refractivity contribution in [3.63, 3.8) is 0 Å². The third-order valence-electron chi connectivity index (χ3n) is 7.03. The molecular formula is C24H25Cl2FN4O3. The number of aliphatic hydroxyl groups excluding tert-OH is 1. The number of nitrogen functional groups attached to an aromatic ring is 1. The number of aromatic nitrogens is 3. The van der Waals surface area contributed by atoms with Crippen LogP contribution >= 0.6 is 23.2 Å². The Kier molecular flexibility index (Phi) is 5.96. The van der Waals surface area contributed by atoms with Gasteiger partial charge in [-0.25, -0.2) is 9.37 Å². The van der Waals surface area contributed by atoms with Crippen molar-refractivity contribution < 1.29 is 19.3 Å². The average molecular weight is 507 g/mol. The van der Waals surface area contributed by atoms with Crippen molar-refractivity contribution in [1.82, 2.24) is 14.8 Å². The summed E-state index contributed by atoms with van der Waals surface area (Å²) in [6, 6.07) is 4.44. The maximum absolute atomic E-state index is 14.0. The van der Waals surface area contributed by atoms with Gasteiger partial charge in [-0.15, -0.1) is 0 Å². The van der Waals surface area contributed by atoms with Crippen LogP contribution in [0.25, 0.3) is 11.1 Å². The molecule has 0 amide bonds. The van der Waals surface area contributed by atoms with Crippen molar-refractivity contribution in [2.75, 3.05) is 5.73 Å². The van der Waals surface area contributed by atoms with Crippen molar-refractivity contribution >= 4 is 29.0 Å². The predicted molar refractivity (Wildman–Crippen MR) is 127 cm³/mol. The van der Waals surface area contributed by atoms with E-state index in [4.69, 9.17) is 33.7 Å². The summed E-state index contributed by atoms with van der Waals surface area (Å²) in [6.07, 6.45) is 6.55. The van der Waals surface area contributed by atoms with Gasteiger partial charge in [-0.2, -0.15) is 5.10 Å². The fourth-order valence-corrected chi connectivity index (χ4v) is 6.03. The maximum Gasteiger partial charge on any atom is 0.166 e. The van der Waals surface area contributed by atoms with E-state index < -0.39 is 23.6 Å². The molecule has 3 aromatic rings. The van der Waals surface area contributed by atoms with E-state index in [1.54, 1.807) is 25.4 Å². The first-order valence-electron chi connectivity index (χ1n) is 11.1. The highest BCUT2D eigenvalue weighted by Gasteiger charge is 2.52. The second-order valence-electron chi connectivity index (χ2n) is 9.32. The number of rotatable bonds is 5. The van der Waals surface area contributed by atoms with Gasteiger partial charge in [0, 0.05) is 40.5 Å². The molecular weight excluding hydrogens is 482 g/mol. The largest absolute Gasteiger partial charge is 0.482 e. The highest BCUT2D eigenvalue weighted by Crippen LogP contribution is 2.51. The SMILES string of the molecule is CC(Oc1cc(-c2cnn(C3CC4CC(O)CC4(O)C3)c2)cnc1N)c1c(Cl)ccc(F)c1Cl. The van der Waals surface area contributed by atoms with E-state index >= 15 is 0 Å². The molecule has 10 heteroatoms. The van der Waals surface area contributed by atoms with Gasteiger partial charge in [-0.05, 0) is 50.3 Å². The first-order chi connectivity index (χ1) is 16.1. The van der Waals surface area contributed by atoms with Crippen molar-refractivity contribution in [2.45, 2.75) is 56.5 Å². The molecule has 0 saturated heterocycles.